The first kappa shape index (κ1) is 23.5. The Labute approximate surface area is 199 Å². The molecule has 0 atom stereocenters. The number of benzene rings is 3. The van der Waals surface area contributed by atoms with Crippen LogP contribution in [0.4, 0.5) is 0 Å². The van der Waals surface area contributed by atoms with Crippen molar-refractivity contribution in [2.24, 2.45) is 5.10 Å². The molecule has 0 bridgehead atoms. The molecule has 32 heavy (non-hydrogen) atoms. The molecule has 0 aliphatic carbocycles. The second kappa shape index (κ2) is 10.9. The summed E-state index contributed by atoms with van der Waals surface area (Å²) in [5.41, 5.74) is 5.45. The third kappa shape index (κ3) is 6.42. The number of esters is 1. The van der Waals surface area contributed by atoms with Gasteiger partial charge in [-0.2, -0.15) is 5.10 Å². The third-order valence-corrected chi connectivity index (χ3v) is 5.23. The molecule has 1 N–H and O–H groups in total. The van der Waals surface area contributed by atoms with Gasteiger partial charge in [-0.3, -0.25) is 4.79 Å². The van der Waals surface area contributed by atoms with Gasteiger partial charge in [0.05, 0.1) is 21.3 Å². The predicted octanol–water partition coefficient (Wildman–Crippen LogP) is 5.47. The highest BCUT2D eigenvalue weighted by Crippen LogP contribution is 2.30. The predicted molar refractivity (Wildman–Crippen MR) is 128 cm³/mol. The van der Waals surface area contributed by atoms with Crippen LogP contribution in [0.2, 0.25) is 5.02 Å². The Bertz CT molecular complexity index is 1140. The lowest BCUT2D eigenvalue weighted by atomic mass is 10.1. The molecule has 0 heterocycles. The number of aryl methyl sites for hydroxylation is 2. The van der Waals surface area contributed by atoms with Gasteiger partial charge in [0.25, 0.3) is 5.91 Å². The monoisotopic (exact) mass is 514 g/mol. The van der Waals surface area contributed by atoms with Crippen LogP contribution in [-0.2, 0) is 4.79 Å². The summed E-state index contributed by atoms with van der Waals surface area (Å²) in [6, 6.07) is 17.2. The summed E-state index contributed by atoms with van der Waals surface area (Å²) in [5.74, 6) is 0.0540. The minimum absolute atomic E-state index is 0.170. The molecule has 3 aromatic rings. The molecule has 0 spiro atoms. The zero-order valence-corrected chi connectivity index (χ0v) is 19.7. The number of hydrogen-bond donors (Lipinski definition) is 1. The Morgan fingerprint density at radius 2 is 1.81 bits per heavy atom. The van der Waals surface area contributed by atoms with Crippen LogP contribution < -0.4 is 14.9 Å². The normalized spacial score (nSPS) is 10.8. The molecule has 0 saturated carbocycles. The maximum Gasteiger partial charge on any atom is 0.345 e. The molecule has 0 aromatic heterocycles. The van der Waals surface area contributed by atoms with Crippen LogP contribution in [0.5, 0.6) is 11.5 Å². The highest BCUT2D eigenvalue weighted by Gasteiger charge is 2.12. The van der Waals surface area contributed by atoms with E-state index in [0.29, 0.717) is 22.1 Å². The fraction of sp³-hybridized carbons (Fsp3) is 0.125. The Morgan fingerprint density at radius 1 is 1.09 bits per heavy atom. The lowest BCUT2D eigenvalue weighted by molar-refractivity contribution is -0.123. The first-order chi connectivity index (χ1) is 15.3. The summed E-state index contributed by atoms with van der Waals surface area (Å²) in [6.07, 6.45) is 1.48. The topological polar surface area (TPSA) is 77.0 Å². The van der Waals surface area contributed by atoms with Crippen LogP contribution in [0.3, 0.4) is 0 Å². The first-order valence-electron chi connectivity index (χ1n) is 9.61. The molecule has 164 valence electrons. The fourth-order valence-corrected chi connectivity index (χ4v) is 3.85. The van der Waals surface area contributed by atoms with Crippen molar-refractivity contribution in [3.05, 3.63) is 92.4 Å². The fourth-order valence-electron chi connectivity index (χ4n) is 2.84. The van der Waals surface area contributed by atoms with Gasteiger partial charge in [0, 0.05) is 0 Å². The van der Waals surface area contributed by atoms with E-state index < -0.39 is 11.9 Å². The van der Waals surface area contributed by atoms with Gasteiger partial charge in [0.15, 0.2) is 6.61 Å². The number of hydrogen-bond acceptors (Lipinski definition) is 5. The number of carbonyl (C=O) groups is 2. The molecule has 0 fully saturated rings. The molecule has 1 amide bonds. The van der Waals surface area contributed by atoms with Gasteiger partial charge < -0.3 is 9.47 Å². The Kier molecular flexibility index (Phi) is 8.03. The minimum atomic E-state index is -0.542. The minimum Gasteiger partial charge on any atom is -0.482 e. The van der Waals surface area contributed by atoms with E-state index in [1.54, 1.807) is 48.5 Å². The van der Waals surface area contributed by atoms with E-state index in [1.165, 1.54) is 6.21 Å². The van der Waals surface area contributed by atoms with E-state index >= 15 is 0 Å². The average molecular weight is 516 g/mol. The quantitative estimate of drug-likeness (QED) is 0.196. The van der Waals surface area contributed by atoms with E-state index in [0.717, 1.165) is 15.6 Å². The van der Waals surface area contributed by atoms with Gasteiger partial charge in [-0.05, 0) is 88.9 Å². The molecule has 6 nitrogen and oxygen atoms in total. The van der Waals surface area contributed by atoms with E-state index in [1.807, 2.05) is 26.0 Å². The molecular formula is C24H20BrClN2O4. The van der Waals surface area contributed by atoms with Crippen molar-refractivity contribution in [2.45, 2.75) is 13.8 Å². The smallest absolute Gasteiger partial charge is 0.345 e. The van der Waals surface area contributed by atoms with Gasteiger partial charge in [0.1, 0.15) is 11.5 Å². The Morgan fingerprint density at radius 3 is 2.50 bits per heavy atom. The van der Waals surface area contributed by atoms with Gasteiger partial charge in [-0.1, -0.05) is 29.8 Å². The van der Waals surface area contributed by atoms with Crippen LogP contribution in [0.1, 0.15) is 27.0 Å². The van der Waals surface area contributed by atoms with Crippen molar-refractivity contribution >= 4 is 45.6 Å². The Balaban J connectivity index is 1.50. The lowest BCUT2D eigenvalue weighted by Crippen LogP contribution is -2.24. The zero-order valence-electron chi connectivity index (χ0n) is 17.4. The SMILES string of the molecule is Cc1cc(C)c(OCC(=O)N/N=C/c2ccc(OC(=O)c3ccccc3Cl)cc2)c(Br)c1. The number of halogens is 2. The van der Waals surface area contributed by atoms with Gasteiger partial charge in [0.2, 0.25) is 0 Å². The van der Waals surface area contributed by atoms with E-state index in [9.17, 15) is 9.59 Å². The van der Waals surface area contributed by atoms with Crippen molar-refractivity contribution in [1.29, 1.82) is 0 Å². The summed E-state index contributed by atoms with van der Waals surface area (Å²) < 4.78 is 11.7. The number of rotatable bonds is 7. The average Bonchev–Trinajstić information content (AvgIpc) is 2.74. The van der Waals surface area contributed by atoms with E-state index in [2.05, 4.69) is 26.5 Å². The van der Waals surface area contributed by atoms with Crippen molar-refractivity contribution in [3.8, 4) is 11.5 Å². The van der Waals surface area contributed by atoms with Gasteiger partial charge in [-0.15, -0.1) is 0 Å². The molecule has 0 aliphatic rings. The van der Waals surface area contributed by atoms with Crippen LogP contribution in [0.15, 0.2) is 70.2 Å². The highest BCUT2D eigenvalue weighted by molar-refractivity contribution is 9.10. The van der Waals surface area contributed by atoms with Crippen molar-refractivity contribution in [3.63, 3.8) is 0 Å². The number of hydrazone groups is 1. The molecular weight excluding hydrogens is 496 g/mol. The van der Waals surface area contributed by atoms with Crippen LogP contribution in [0.25, 0.3) is 0 Å². The van der Waals surface area contributed by atoms with Crippen LogP contribution in [-0.4, -0.2) is 24.7 Å². The summed E-state index contributed by atoms with van der Waals surface area (Å²) in [4.78, 5) is 24.2. The number of ether oxygens (including phenoxy) is 2. The summed E-state index contributed by atoms with van der Waals surface area (Å²) in [7, 11) is 0. The maximum absolute atomic E-state index is 12.2. The zero-order chi connectivity index (χ0) is 23.1. The number of carbonyl (C=O) groups excluding carboxylic acids is 2. The standard InChI is InChI=1S/C24H20BrClN2O4/c1-15-11-16(2)23(20(25)12-15)31-14-22(29)28-27-13-17-7-9-18(10-8-17)32-24(30)19-5-3-4-6-21(19)26/h3-13H,14H2,1-2H3,(H,28,29)/b27-13+. The van der Waals surface area contributed by atoms with Crippen molar-refractivity contribution in [1.82, 2.24) is 5.43 Å². The van der Waals surface area contributed by atoms with Crippen LogP contribution in [0, 0.1) is 13.8 Å². The molecule has 0 saturated heterocycles. The summed E-state index contributed by atoms with van der Waals surface area (Å²) in [6.45, 7) is 3.73. The largest absolute Gasteiger partial charge is 0.482 e. The molecule has 0 aliphatic heterocycles. The Hall–Kier alpha value is -3.16. The second-order valence-electron chi connectivity index (χ2n) is 6.91. The maximum atomic E-state index is 12.2. The molecule has 0 unspecified atom stereocenters. The first-order valence-corrected chi connectivity index (χ1v) is 10.8. The second-order valence-corrected chi connectivity index (χ2v) is 8.17. The van der Waals surface area contributed by atoms with Crippen molar-refractivity contribution in [2.75, 3.05) is 6.61 Å². The van der Waals surface area contributed by atoms with Gasteiger partial charge >= 0.3 is 5.97 Å². The summed E-state index contributed by atoms with van der Waals surface area (Å²) >= 11 is 9.45. The molecule has 3 rings (SSSR count). The van der Waals surface area contributed by atoms with E-state index in [-0.39, 0.29) is 12.2 Å². The number of amides is 1. The third-order valence-electron chi connectivity index (χ3n) is 4.31. The molecule has 0 radical (unpaired) electrons. The molecule has 8 heteroatoms. The molecule has 3 aromatic carbocycles. The van der Waals surface area contributed by atoms with Gasteiger partial charge in [-0.25, -0.2) is 10.2 Å². The lowest BCUT2D eigenvalue weighted by Gasteiger charge is -2.11. The van der Waals surface area contributed by atoms with Crippen LogP contribution >= 0.6 is 27.5 Å². The van der Waals surface area contributed by atoms with E-state index in [4.69, 9.17) is 21.1 Å². The number of nitrogens with one attached hydrogen (secondary N) is 1. The summed E-state index contributed by atoms with van der Waals surface area (Å²) in [5, 5.41) is 4.25. The highest BCUT2D eigenvalue weighted by atomic mass is 79.9. The van der Waals surface area contributed by atoms with Crippen molar-refractivity contribution < 1.29 is 19.1 Å². The number of nitrogens with zero attached hydrogens (tertiary/aromatic N) is 1.